The minimum absolute atomic E-state index is 0. The molecule has 1 amide bonds. The van der Waals surface area contributed by atoms with Crippen LogP contribution in [0.25, 0.3) is 0 Å². The number of hydrogen-bond acceptors (Lipinski definition) is 3. The summed E-state index contributed by atoms with van der Waals surface area (Å²) in [5.74, 6) is -0.0134. The van der Waals surface area contributed by atoms with Crippen molar-refractivity contribution in [2.24, 2.45) is 4.99 Å². The van der Waals surface area contributed by atoms with Gasteiger partial charge in [-0.2, -0.15) is 13.5 Å². The molecule has 0 spiro atoms. The Kier molecular flexibility index (Phi) is 9.44. The number of nitrogens with zero attached hydrogens (tertiary/aromatic N) is 1. The highest BCUT2D eigenvalue weighted by Gasteiger charge is 2.06. The molecule has 0 saturated heterocycles. The van der Waals surface area contributed by atoms with Gasteiger partial charge in [-0.1, -0.05) is 36.6 Å². The summed E-state index contributed by atoms with van der Waals surface area (Å²) < 4.78 is 0. The van der Waals surface area contributed by atoms with E-state index >= 15 is 0 Å². The van der Waals surface area contributed by atoms with Gasteiger partial charge < -0.3 is 0 Å². The molecular formula is C10H17NOS3. The molecule has 86 valence electrons. The van der Waals surface area contributed by atoms with Gasteiger partial charge in [-0.15, -0.1) is 0 Å². The number of amides is 1. The van der Waals surface area contributed by atoms with Crippen LogP contribution in [0.3, 0.4) is 0 Å². The molecule has 1 heterocycles. The topological polar surface area (TPSA) is 29.4 Å². The van der Waals surface area contributed by atoms with Gasteiger partial charge in [0.15, 0.2) is 0 Å². The third-order valence-electron chi connectivity index (χ3n) is 1.83. The average Bonchev–Trinajstić information content (AvgIpc) is 2.13. The van der Waals surface area contributed by atoms with E-state index in [2.05, 4.69) is 11.9 Å². The van der Waals surface area contributed by atoms with E-state index in [9.17, 15) is 4.79 Å². The van der Waals surface area contributed by atoms with E-state index in [1.807, 2.05) is 11.5 Å². The Morgan fingerprint density at radius 3 is 3.00 bits per heavy atom. The van der Waals surface area contributed by atoms with Crippen molar-refractivity contribution in [2.45, 2.75) is 39.0 Å². The van der Waals surface area contributed by atoms with Crippen LogP contribution in [0.4, 0.5) is 0 Å². The van der Waals surface area contributed by atoms with Crippen LogP contribution in [0.5, 0.6) is 0 Å². The second kappa shape index (κ2) is 9.36. The first-order valence-corrected chi connectivity index (χ1v) is 7.13. The molecular weight excluding hydrogens is 246 g/mol. The molecule has 0 fully saturated rings. The Morgan fingerprint density at radius 1 is 1.47 bits per heavy atom. The summed E-state index contributed by atoms with van der Waals surface area (Å²) in [6.45, 7) is 2.18. The maximum absolute atomic E-state index is 11.2. The van der Waals surface area contributed by atoms with Crippen molar-refractivity contribution < 1.29 is 4.79 Å². The van der Waals surface area contributed by atoms with Crippen molar-refractivity contribution in [2.75, 3.05) is 0 Å². The summed E-state index contributed by atoms with van der Waals surface area (Å²) >= 11 is 0. The maximum Gasteiger partial charge on any atom is 0.250 e. The van der Waals surface area contributed by atoms with Gasteiger partial charge in [0, 0.05) is 6.42 Å². The van der Waals surface area contributed by atoms with Gasteiger partial charge in [-0.05, 0) is 29.0 Å². The Bertz CT molecular complexity index is 251. The third kappa shape index (κ3) is 7.09. The van der Waals surface area contributed by atoms with Crippen LogP contribution >= 0.6 is 35.1 Å². The van der Waals surface area contributed by atoms with Crippen molar-refractivity contribution in [1.82, 2.24) is 0 Å². The van der Waals surface area contributed by atoms with Gasteiger partial charge >= 0.3 is 0 Å². The SMILES string of the molecule is CCCCCC1=NC(=O)C/C=C\SS1.S. The van der Waals surface area contributed by atoms with Crippen LogP contribution in [-0.4, -0.2) is 11.0 Å². The average molecular weight is 263 g/mol. The van der Waals surface area contributed by atoms with Crippen LogP contribution in [0, 0.1) is 0 Å². The summed E-state index contributed by atoms with van der Waals surface area (Å²) in [6.07, 6.45) is 6.83. The van der Waals surface area contributed by atoms with E-state index < -0.39 is 0 Å². The van der Waals surface area contributed by atoms with E-state index in [-0.39, 0.29) is 19.4 Å². The lowest BCUT2D eigenvalue weighted by molar-refractivity contribution is -0.116. The molecule has 0 aromatic heterocycles. The summed E-state index contributed by atoms with van der Waals surface area (Å²) in [5, 5.41) is 2.95. The summed E-state index contributed by atoms with van der Waals surface area (Å²) in [4.78, 5) is 15.3. The molecule has 1 rings (SSSR count). The predicted molar refractivity (Wildman–Crippen MR) is 75.9 cm³/mol. The van der Waals surface area contributed by atoms with Crippen LogP contribution in [-0.2, 0) is 4.79 Å². The second-order valence-corrected chi connectivity index (χ2v) is 5.29. The van der Waals surface area contributed by atoms with E-state index in [4.69, 9.17) is 0 Å². The third-order valence-corrected chi connectivity index (χ3v) is 3.92. The molecule has 0 bridgehead atoms. The van der Waals surface area contributed by atoms with Crippen molar-refractivity contribution in [3.63, 3.8) is 0 Å². The molecule has 1 aliphatic rings. The standard InChI is InChI=1S/C10H15NOS2.H2S/c1-2-3-4-7-10-11-9(12)6-5-8-13-14-10;/h5,8H,2-4,6-7H2,1H3;1H2/b8-5-,11-10?;. The molecule has 0 unspecified atom stereocenters. The quantitative estimate of drug-likeness (QED) is 0.569. The molecule has 0 aliphatic carbocycles. The van der Waals surface area contributed by atoms with Crippen LogP contribution < -0.4 is 0 Å². The Labute approximate surface area is 106 Å². The minimum Gasteiger partial charge on any atom is -0.272 e. The van der Waals surface area contributed by atoms with Crippen molar-refractivity contribution >= 4 is 46.0 Å². The van der Waals surface area contributed by atoms with Gasteiger partial charge in [-0.3, -0.25) is 4.79 Å². The van der Waals surface area contributed by atoms with Gasteiger partial charge in [0.1, 0.15) is 0 Å². The van der Waals surface area contributed by atoms with E-state index in [0.29, 0.717) is 6.42 Å². The number of aliphatic imine (C=N–C) groups is 1. The first-order valence-electron chi connectivity index (χ1n) is 4.91. The molecule has 0 N–H and O–H groups in total. The molecule has 15 heavy (non-hydrogen) atoms. The van der Waals surface area contributed by atoms with Crippen molar-refractivity contribution in [3.8, 4) is 0 Å². The largest absolute Gasteiger partial charge is 0.272 e. The fourth-order valence-electron chi connectivity index (χ4n) is 1.10. The molecule has 0 aromatic carbocycles. The molecule has 5 heteroatoms. The Balaban J connectivity index is 0.00000196. The summed E-state index contributed by atoms with van der Waals surface area (Å²) in [7, 11) is 3.26. The lowest BCUT2D eigenvalue weighted by Crippen LogP contribution is -1.99. The van der Waals surface area contributed by atoms with Gasteiger partial charge in [0.2, 0.25) is 5.91 Å². The van der Waals surface area contributed by atoms with Crippen LogP contribution in [0.2, 0.25) is 0 Å². The summed E-state index contributed by atoms with van der Waals surface area (Å²) in [6, 6.07) is 0. The fourth-order valence-corrected chi connectivity index (χ4v) is 2.90. The zero-order valence-electron chi connectivity index (χ0n) is 8.86. The zero-order valence-corrected chi connectivity index (χ0v) is 11.5. The highest BCUT2D eigenvalue weighted by molar-refractivity contribution is 8.83. The zero-order chi connectivity index (χ0) is 10.2. The van der Waals surface area contributed by atoms with Crippen molar-refractivity contribution in [1.29, 1.82) is 0 Å². The fraction of sp³-hybridized carbons (Fsp3) is 0.600. The van der Waals surface area contributed by atoms with E-state index in [1.54, 1.807) is 21.6 Å². The maximum atomic E-state index is 11.2. The van der Waals surface area contributed by atoms with Gasteiger partial charge in [0.25, 0.3) is 0 Å². The minimum atomic E-state index is -0.0134. The first kappa shape index (κ1) is 15.1. The van der Waals surface area contributed by atoms with Gasteiger partial charge in [0.05, 0.1) is 5.04 Å². The van der Waals surface area contributed by atoms with E-state index in [0.717, 1.165) is 17.9 Å². The normalized spacial score (nSPS) is 18.5. The molecule has 1 aliphatic heterocycles. The molecule has 0 saturated carbocycles. The number of carbonyl (C=O) groups is 1. The lowest BCUT2D eigenvalue weighted by Gasteiger charge is -2.04. The lowest BCUT2D eigenvalue weighted by atomic mass is 10.2. The Morgan fingerprint density at radius 2 is 2.27 bits per heavy atom. The summed E-state index contributed by atoms with van der Waals surface area (Å²) in [5.41, 5.74) is 0. The van der Waals surface area contributed by atoms with E-state index in [1.165, 1.54) is 12.8 Å². The number of unbranched alkanes of at least 4 members (excludes halogenated alkanes) is 2. The number of carbonyl (C=O) groups excluding carboxylic acids is 1. The molecule has 0 atom stereocenters. The smallest absolute Gasteiger partial charge is 0.250 e. The molecule has 2 nitrogen and oxygen atoms in total. The van der Waals surface area contributed by atoms with Crippen molar-refractivity contribution in [3.05, 3.63) is 11.5 Å². The highest BCUT2D eigenvalue weighted by atomic mass is 33.1. The Hall–Kier alpha value is 0.130. The highest BCUT2D eigenvalue weighted by Crippen LogP contribution is 2.28. The monoisotopic (exact) mass is 263 g/mol. The van der Waals surface area contributed by atoms with Crippen LogP contribution in [0.1, 0.15) is 39.0 Å². The molecule has 0 radical (unpaired) electrons. The molecule has 0 aromatic rings. The number of rotatable bonds is 4. The number of hydrogen-bond donors (Lipinski definition) is 0. The predicted octanol–water partition coefficient (Wildman–Crippen LogP) is 3.90. The second-order valence-electron chi connectivity index (χ2n) is 3.11. The van der Waals surface area contributed by atoms with Gasteiger partial charge in [-0.25, -0.2) is 4.99 Å². The first-order chi connectivity index (χ1) is 6.83. The van der Waals surface area contributed by atoms with Crippen LogP contribution in [0.15, 0.2) is 16.5 Å².